The Morgan fingerprint density at radius 2 is 2.32 bits per heavy atom. The Bertz CT molecular complexity index is 634. The summed E-state index contributed by atoms with van der Waals surface area (Å²) >= 11 is 5.98. The van der Waals surface area contributed by atoms with Crippen LogP contribution in [0.2, 0.25) is 5.02 Å². The van der Waals surface area contributed by atoms with E-state index in [1.807, 2.05) is 25.1 Å². The standard InChI is InChI=1S/C15H19ClN4O2/c1-10(13-9-20(2)6-7-21-13)17-15-18-14(19-22-15)11-4-3-5-12(16)8-11/h3-5,8,10,13H,6-7,9H2,1-2H3,(H,17,18,19). The highest BCUT2D eigenvalue weighted by atomic mass is 35.5. The number of nitrogens with zero attached hydrogens (tertiary/aromatic N) is 3. The topological polar surface area (TPSA) is 63.4 Å². The zero-order chi connectivity index (χ0) is 15.5. The molecule has 2 unspecified atom stereocenters. The summed E-state index contributed by atoms with van der Waals surface area (Å²) in [5.74, 6) is 0.513. The zero-order valence-electron chi connectivity index (χ0n) is 12.6. The van der Waals surface area contributed by atoms with Gasteiger partial charge in [-0.25, -0.2) is 0 Å². The van der Waals surface area contributed by atoms with Crippen molar-refractivity contribution in [2.75, 3.05) is 32.1 Å². The van der Waals surface area contributed by atoms with Crippen LogP contribution in [-0.2, 0) is 4.74 Å². The van der Waals surface area contributed by atoms with E-state index in [4.69, 9.17) is 20.9 Å². The minimum absolute atomic E-state index is 0.0791. The van der Waals surface area contributed by atoms with E-state index in [0.29, 0.717) is 16.9 Å². The lowest BCUT2D eigenvalue weighted by molar-refractivity contribution is -0.0263. The molecule has 6 nitrogen and oxygen atoms in total. The van der Waals surface area contributed by atoms with Gasteiger partial charge in [0.15, 0.2) is 0 Å². The summed E-state index contributed by atoms with van der Waals surface area (Å²) in [6.07, 6.45) is 0.0975. The molecule has 1 aliphatic heterocycles. The molecule has 0 aliphatic carbocycles. The average Bonchev–Trinajstić information content (AvgIpc) is 2.96. The molecule has 118 valence electrons. The summed E-state index contributed by atoms with van der Waals surface area (Å²) in [6, 6.07) is 7.83. The van der Waals surface area contributed by atoms with E-state index in [0.717, 1.165) is 25.3 Å². The maximum absolute atomic E-state index is 5.98. The van der Waals surface area contributed by atoms with Gasteiger partial charge in [0, 0.05) is 23.7 Å². The second-order valence-electron chi connectivity index (χ2n) is 5.54. The molecule has 2 atom stereocenters. The van der Waals surface area contributed by atoms with Crippen molar-refractivity contribution in [1.82, 2.24) is 15.0 Å². The molecule has 0 saturated carbocycles. The first-order valence-electron chi connectivity index (χ1n) is 7.28. The molecule has 1 N–H and O–H groups in total. The maximum atomic E-state index is 5.98. The third-order valence-corrected chi connectivity index (χ3v) is 3.95. The number of nitrogens with one attached hydrogen (secondary N) is 1. The van der Waals surface area contributed by atoms with Crippen LogP contribution in [0.25, 0.3) is 11.4 Å². The van der Waals surface area contributed by atoms with Crippen LogP contribution >= 0.6 is 11.6 Å². The van der Waals surface area contributed by atoms with Gasteiger partial charge in [-0.3, -0.25) is 0 Å². The zero-order valence-corrected chi connectivity index (χ0v) is 13.4. The molecule has 3 rings (SSSR count). The first kappa shape index (κ1) is 15.3. The van der Waals surface area contributed by atoms with E-state index >= 15 is 0 Å². The van der Waals surface area contributed by atoms with Gasteiger partial charge in [-0.1, -0.05) is 28.9 Å². The quantitative estimate of drug-likeness (QED) is 0.933. The van der Waals surface area contributed by atoms with Crippen molar-refractivity contribution in [3.8, 4) is 11.4 Å². The normalized spacial score (nSPS) is 20.8. The smallest absolute Gasteiger partial charge is 0.322 e. The number of ether oxygens (including phenoxy) is 1. The van der Waals surface area contributed by atoms with Crippen molar-refractivity contribution >= 4 is 17.6 Å². The van der Waals surface area contributed by atoms with Crippen LogP contribution in [0.15, 0.2) is 28.8 Å². The largest absolute Gasteiger partial charge is 0.373 e. The molecule has 2 heterocycles. The minimum atomic E-state index is 0.0791. The SMILES string of the molecule is CC(Nc1nc(-c2cccc(Cl)c2)no1)C1CN(C)CCO1. The lowest BCUT2D eigenvalue weighted by Gasteiger charge is -2.33. The number of halogens is 1. The fourth-order valence-corrected chi connectivity index (χ4v) is 2.62. The number of rotatable bonds is 4. The number of likely N-dealkylation sites (N-methyl/N-ethyl adjacent to an activating group) is 1. The number of benzene rings is 1. The second-order valence-corrected chi connectivity index (χ2v) is 5.97. The van der Waals surface area contributed by atoms with Crippen LogP contribution < -0.4 is 5.32 Å². The molecule has 1 saturated heterocycles. The minimum Gasteiger partial charge on any atom is -0.373 e. The Hall–Kier alpha value is -1.63. The van der Waals surface area contributed by atoms with Crippen LogP contribution in [0.5, 0.6) is 0 Å². The highest BCUT2D eigenvalue weighted by molar-refractivity contribution is 6.30. The first-order chi connectivity index (χ1) is 10.6. The van der Waals surface area contributed by atoms with Gasteiger partial charge >= 0.3 is 6.01 Å². The van der Waals surface area contributed by atoms with Crippen LogP contribution in [-0.4, -0.2) is 53.9 Å². The molecule has 0 spiro atoms. The van der Waals surface area contributed by atoms with Crippen molar-refractivity contribution in [2.45, 2.75) is 19.1 Å². The van der Waals surface area contributed by atoms with E-state index in [2.05, 4.69) is 27.4 Å². The fraction of sp³-hybridized carbons (Fsp3) is 0.467. The van der Waals surface area contributed by atoms with E-state index < -0.39 is 0 Å². The summed E-state index contributed by atoms with van der Waals surface area (Å²) in [7, 11) is 2.09. The number of aromatic nitrogens is 2. The molecule has 2 aromatic rings. The van der Waals surface area contributed by atoms with Crippen LogP contribution in [0.3, 0.4) is 0 Å². The summed E-state index contributed by atoms with van der Waals surface area (Å²) in [4.78, 5) is 6.61. The number of anilines is 1. The van der Waals surface area contributed by atoms with Crippen molar-refractivity contribution in [3.05, 3.63) is 29.3 Å². The first-order valence-corrected chi connectivity index (χ1v) is 7.66. The van der Waals surface area contributed by atoms with Crippen molar-refractivity contribution in [1.29, 1.82) is 0 Å². The third kappa shape index (κ3) is 3.58. The maximum Gasteiger partial charge on any atom is 0.322 e. The fourth-order valence-electron chi connectivity index (χ4n) is 2.43. The Kier molecular flexibility index (Phi) is 4.61. The lowest BCUT2D eigenvalue weighted by atomic mass is 10.1. The third-order valence-electron chi connectivity index (χ3n) is 3.71. The molecule has 7 heteroatoms. The summed E-state index contributed by atoms with van der Waals surface area (Å²) in [5, 5.41) is 7.84. The van der Waals surface area contributed by atoms with Gasteiger partial charge in [-0.15, -0.1) is 0 Å². The van der Waals surface area contributed by atoms with Crippen molar-refractivity contribution in [2.24, 2.45) is 0 Å². The van der Waals surface area contributed by atoms with Crippen molar-refractivity contribution in [3.63, 3.8) is 0 Å². The van der Waals surface area contributed by atoms with Gasteiger partial charge in [-0.2, -0.15) is 4.98 Å². The summed E-state index contributed by atoms with van der Waals surface area (Å²) in [6.45, 7) is 4.63. The predicted octanol–water partition coefficient (Wildman–Crippen LogP) is 2.52. The van der Waals surface area contributed by atoms with Crippen LogP contribution in [0.4, 0.5) is 6.01 Å². The molecular weight excluding hydrogens is 304 g/mol. The van der Waals surface area contributed by atoms with Gasteiger partial charge in [-0.05, 0) is 26.1 Å². The molecule has 1 aliphatic rings. The molecule has 1 aromatic heterocycles. The number of hydrogen-bond donors (Lipinski definition) is 1. The molecule has 0 radical (unpaired) electrons. The van der Waals surface area contributed by atoms with Crippen LogP contribution in [0.1, 0.15) is 6.92 Å². The van der Waals surface area contributed by atoms with Gasteiger partial charge in [0.1, 0.15) is 0 Å². The Balaban J connectivity index is 1.66. The molecule has 1 aromatic carbocycles. The van der Waals surface area contributed by atoms with E-state index in [1.54, 1.807) is 6.07 Å². The average molecular weight is 323 g/mol. The Labute approximate surface area is 134 Å². The lowest BCUT2D eigenvalue weighted by Crippen LogP contribution is -2.47. The molecular formula is C15H19ClN4O2. The molecule has 0 bridgehead atoms. The van der Waals surface area contributed by atoms with E-state index in [-0.39, 0.29) is 12.1 Å². The van der Waals surface area contributed by atoms with Gasteiger partial charge in [0.2, 0.25) is 5.82 Å². The molecule has 0 amide bonds. The van der Waals surface area contributed by atoms with Gasteiger partial charge in [0.05, 0.1) is 18.8 Å². The summed E-state index contributed by atoms with van der Waals surface area (Å²) in [5.41, 5.74) is 0.825. The predicted molar refractivity (Wildman–Crippen MR) is 85.1 cm³/mol. The second kappa shape index (κ2) is 6.64. The van der Waals surface area contributed by atoms with Crippen molar-refractivity contribution < 1.29 is 9.26 Å². The summed E-state index contributed by atoms with van der Waals surface area (Å²) < 4.78 is 11.0. The highest BCUT2D eigenvalue weighted by Crippen LogP contribution is 2.22. The van der Waals surface area contributed by atoms with E-state index in [1.165, 1.54) is 0 Å². The van der Waals surface area contributed by atoms with E-state index in [9.17, 15) is 0 Å². The van der Waals surface area contributed by atoms with Gasteiger partial charge in [0.25, 0.3) is 0 Å². The highest BCUT2D eigenvalue weighted by Gasteiger charge is 2.24. The molecule has 22 heavy (non-hydrogen) atoms. The Morgan fingerprint density at radius 3 is 3.09 bits per heavy atom. The number of hydrogen-bond acceptors (Lipinski definition) is 6. The monoisotopic (exact) mass is 322 g/mol. The number of morpholine rings is 1. The Morgan fingerprint density at radius 1 is 1.45 bits per heavy atom. The van der Waals surface area contributed by atoms with Gasteiger partial charge < -0.3 is 19.5 Å². The van der Waals surface area contributed by atoms with Crippen LogP contribution in [0, 0.1) is 0 Å². The molecule has 1 fully saturated rings.